The van der Waals surface area contributed by atoms with Crippen LogP contribution in [0.15, 0.2) is 40.6 Å². The number of pyridine rings is 1. The number of nitrogens with zero attached hydrogens (tertiary/aromatic N) is 4. The van der Waals surface area contributed by atoms with Crippen LogP contribution in [0.25, 0.3) is 0 Å². The van der Waals surface area contributed by atoms with Gasteiger partial charge in [-0.25, -0.2) is 4.98 Å². The van der Waals surface area contributed by atoms with Crippen LogP contribution < -0.4 is 4.74 Å². The molecule has 0 fully saturated rings. The molecule has 1 aromatic heterocycles. The summed E-state index contributed by atoms with van der Waals surface area (Å²) in [4.78, 5) is 14.1. The van der Waals surface area contributed by atoms with Crippen LogP contribution >= 0.6 is 11.6 Å². The average molecular weight is 309 g/mol. The Morgan fingerprint density at radius 1 is 1.33 bits per heavy atom. The van der Waals surface area contributed by atoms with E-state index in [0.717, 1.165) is 0 Å². The van der Waals surface area contributed by atoms with Crippen LogP contribution in [-0.2, 0) is 0 Å². The number of aromatic hydroxyl groups is 1. The fourth-order valence-corrected chi connectivity index (χ4v) is 1.59. The maximum atomic E-state index is 11.0. The molecule has 0 amide bonds. The quantitative estimate of drug-likeness (QED) is 0.400. The Bertz CT molecular complexity index is 720. The second-order valence-corrected chi connectivity index (χ2v) is 4.15. The van der Waals surface area contributed by atoms with Gasteiger partial charge in [-0.05, 0) is 24.3 Å². The van der Waals surface area contributed by atoms with Crippen LogP contribution in [-0.4, -0.2) is 22.1 Å². The number of ether oxygens (including phenoxy) is 1. The monoisotopic (exact) mass is 308 g/mol. The van der Waals surface area contributed by atoms with Gasteiger partial charge in [0.25, 0.3) is 5.69 Å². The van der Waals surface area contributed by atoms with Crippen molar-refractivity contribution in [1.82, 2.24) is 4.98 Å². The van der Waals surface area contributed by atoms with Crippen LogP contribution in [0.3, 0.4) is 0 Å². The molecule has 0 spiro atoms. The minimum Gasteiger partial charge on any atom is -0.505 e. The molecule has 1 heterocycles. The first-order chi connectivity index (χ1) is 10.0. The van der Waals surface area contributed by atoms with Gasteiger partial charge < -0.3 is 9.84 Å². The first-order valence-corrected chi connectivity index (χ1v) is 5.98. The van der Waals surface area contributed by atoms with Gasteiger partial charge >= 0.3 is 0 Å². The molecule has 0 saturated heterocycles. The van der Waals surface area contributed by atoms with Crippen LogP contribution in [0.5, 0.6) is 11.5 Å². The Morgan fingerprint density at radius 2 is 2.10 bits per heavy atom. The summed E-state index contributed by atoms with van der Waals surface area (Å²) in [5.41, 5.74) is -0.199. The van der Waals surface area contributed by atoms with Crippen molar-refractivity contribution in [2.24, 2.45) is 10.2 Å². The highest BCUT2D eigenvalue weighted by Crippen LogP contribution is 2.32. The number of hydrogen-bond acceptors (Lipinski definition) is 7. The lowest BCUT2D eigenvalue weighted by Gasteiger charge is -2.01. The van der Waals surface area contributed by atoms with Crippen LogP contribution in [0, 0.1) is 10.1 Å². The van der Waals surface area contributed by atoms with Gasteiger partial charge in [-0.15, -0.1) is 10.2 Å². The third kappa shape index (κ3) is 3.42. The first-order valence-electron chi connectivity index (χ1n) is 5.61. The van der Waals surface area contributed by atoms with Crippen LogP contribution in [0.1, 0.15) is 0 Å². The van der Waals surface area contributed by atoms with Gasteiger partial charge in [0.2, 0.25) is 0 Å². The van der Waals surface area contributed by atoms with Crippen molar-refractivity contribution in [2.45, 2.75) is 0 Å². The minimum atomic E-state index is -0.589. The molecular weight excluding hydrogens is 300 g/mol. The normalized spacial score (nSPS) is 10.8. The SMILES string of the molecule is COc1ccc(N=Nc2ccc(O)c(Cl)n2)c([N+](=O)[O-])c1. The number of methoxy groups -OCH3 is 1. The Morgan fingerprint density at radius 3 is 2.71 bits per heavy atom. The maximum absolute atomic E-state index is 11.0. The number of rotatable bonds is 4. The summed E-state index contributed by atoms with van der Waals surface area (Å²) in [5, 5.41) is 27.6. The van der Waals surface area contributed by atoms with Crippen molar-refractivity contribution >= 4 is 28.8 Å². The van der Waals surface area contributed by atoms with E-state index in [1.165, 1.54) is 37.4 Å². The molecule has 1 aromatic carbocycles. The first kappa shape index (κ1) is 14.7. The number of azo groups is 1. The summed E-state index contributed by atoms with van der Waals surface area (Å²) < 4.78 is 4.92. The second kappa shape index (κ2) is 6.14. The van der Waals surface area contributed by atoms with Crippen molar-refractivity contribution in [2.75, 3.05) is 7.11 Å². The largest absolute Gasteiger partial charge is 0.505 e. The van der Waals surface area contributed by atoms with E-state index in [1.807, 2.05) is 0 Å². The van der Waals surface area contributed by atoms with Gasteiger partial charge in [0.05, 0.1) is 18.1 Å². The molecule has 108 valence electrons. The van der Waals surface area contributed by atoms with E-state index >= 15 is 0 Å². The highest BCUT2D eigenvalue weighted by molar-refractivity contribution is 6.30. The molecule has 8 nitrogen and oxygen atoms in total. The van der Waals surface area contributed by atoms with Crippen LogP contribution in [0.2, 0.25) is 5.15 Å². The van der Waals surface area contributed by atoms with Crippen molar-refractivity contribution in [3.63, 3.8) is 0 Å². The number of hydrogen-bond donors (Lipinski definition) is 1. The van der Waals surface area contributed by atoms with Crippen molar-refractivity contribution in [3.8, 4) is 11.5 Å². The molecule has 0 aliphatic carbocycles. The lowest BCUT2D eigenvalue weighted by molar-refractivity contribution is -0.384. The third-order valence-electron chi connectivity index (χ3n) is 2.45. The maximum Gasteiger partial charge on any atom is 0.300 e. The fourth-order valence-electron chi connectivity index (χ4n) is 1.44. The van der Waals surface area contributed by atoms with Crippen molar-refractivity contribution < 1.29 is 14.8 Å². The Kier molecular flexibility index (Phi) is 4.29. The van der Waals surface area contributed by atoms with E-state index in [0.29, 0.717) is 5.75 Å². The third-order valence-corrected chi connectivity index (χ3v) is 2.73. The topological polar surface area (TPSA) is 110 Å². The predicted octanol–water partition coefficient (Wildman–Crippen LogP) is 3.77. The molecule has 0 aliphatic rings. The molecule has 2 rings (SSSR count). The molecule has 0 unspecified atom stereocenters. The second-order valence-electron chi connectivity index (χ2n) is 3.79. The van der Waals surface area contributed by atoms with Gasteiger partial charge in [-0.2, -0.15) is 0 Å². The molecule has 0 aliphatic heterocycles. The Labute approximate surface area is 123 Å². The zero-order chi connectivity index (χ0) is 15.4. The van der Waals surface area contributed by atoms with E-state index in [1.54, 1.807) is 0 Å². The van der Waals surface area contributed by atoms with E-state index in [-0.39, 0.29) is 28.1 Å². The van der Waals surface area contributed by atoms with Crippen LogP contribution in [0.4, 0.5) is 17.2 Å². The summed E-state index contributed by atoms with van der Waals surface area (Å²) in [5.74, 6) is 0.264. The smallest absolute Gasteiger partial charge is 0.300 e. The fraction of sp³-hybridized carbons (Fsp3) is 0.0833. The molecule has 0 bridgehead atoms. The average Bonchev–Trinajstić information content (AvgIpc) is 2.48. The standard InChI is InChI=1S/C12H9ClN4O4/c1-21-7-2-3-8(9(6-7)17(19)20)15-16-11-5-4-10(18)12(13)14-11/h2-6,18H,1H3. The Balaban J connectivity index is 2.36. The number of halogens is 1. The van der Waals surface area contributed by atoms with E-state index in [9.17, 15) is 15.2 Å². The molecule has 2 aromatic rings. The van der Waals surface area contributed by atoms with E-state index in [2.05, 4.69) is 15.2 Å². The number of nitro benzene ring substituents is 1. The van der Waals surface area contributed by atoms with Crippen molar-refractivity contribution in [3.05, 3.63) is 45.6 Å². The van der Waals surface area contributed by atoms with E-state index in [4.69, 9.17) is 16.3 Å². The summed E-state index contributed by atoms with van der Waals surface area (Å²) >= 11 is 5.63. The summed E-state index contributed by atoms with van der Waals surface area (Å²) in [7, 11) is 1.41. The van der Waals surface area contributed by atoms with Gasteiger partial charge in [0, 0.05) is 0 Å². The van der Waals surface area contributed by atoms with Gasteiger partial charge in [-0.1, -0.05) is 11.6 Å². The lowest BCUT2D eigenvalue weighted by atomic mass is 10.2. The van der Waals surface area contributed by atoms with Crippen molar-refractivity contribution in [1.29, 1.82) is 0 Å². The predicted molar refractivity (Wildman–Crippen MR) is 74.7 cm³/mol. The summed E-state index contributed by atoms with van der Waals surface area (Å²) in [6.45, 7) is 0. The molecule has 9 heteroatoms. The summed E-state index contributed by atoms with van der Waals surface area (Å²) in [6.07, 6.45) is 0. The molecular formula is C12H9ClN4O4. The highest BCUT2D eigenvalue weighted by atomic mass is 35.5. The number of benzene rings is 1. The number of nitro groups is 1. The lowest BCUT2D eigenvalue weighted by Crippen LogP contribution is -1.90. The molecule has 1 N–H and O–H groups in total. The molecule has 21 heavy (non-hydrogen) atoms. The zero-order valence-electron chi connectivity index (χ0n) is 10.7. The molecule has 0 radical (unpaired) electrons. The van der Waals surface area contributed by atoms with Gasteiger partial charge in [0.15, 0.2) is 22.4 Å². The number of aromatic nitrogens is 1. The summed E-state index contributed by atoms with van der Waals surface area (Å²) in [6, 6.07) is 6.85. The van der Waals surface area contributed by atoms with Gasteiger partial charge in [0.1, 0.15) is 5.75 Å². The van der Waals surface area contributed by atoms with E-state index < -0.39 is 4.92 Å². The Hall–Kier alpha value is -2.74. The zero-order valence-corrected chi connectivity index (χ0v) is 11.5. The van der Waals surface area contributed by atoms with Gasteiger partial charge in [-0.3, -0.25) is 10.1 Å². The molecule has 0 atom stereocenters. The highest BCUT2D eigenvalue weighted by Gasteiger charge is 2.15. The minimum absolute atomic E-state index is 0.0480. The molecule has 0 saturated carbocycles.